The van der Waals surface area contributed by atoms with Gasteiger partial charge < -0.3 is 29.2 Å². The topological polar surface area (TPSA) is 184 Å². The molecular formula is C48H48F2N10O7. The van der Waals surface area contributed by atoms with E-state index in [1.54, 1.807) is 65.1 Å². The number of aryl methyl sites for hydroxylation is 1. The molecule has 6 aliphatic heterocycles. The van der Waals surface area contributed by atoms with Gasteiger partial charge in [-0.05, 0) is 73.6 Å². The molecule has 0 saturated carbocycles. The zero-order chi connectivity index (χ0) is 46.2. The predicted octanol–water partition coefficient (Wildman–Crippen LogP) is 5.06. The van der Waals surface area contributed by atoms with Crippen molar-refractivity contribution in [1.29, 1.82) is 0 Å². The number of aromatic nitrogens is 4. The lowest BCUT2D eigenvalue weighted by atomic mass is 9.89. The van der Waals surface area contributed by atoms with Crippen molar-refractivity contribution in [2.45, 2.75) is 76.9 Å². The molecule has 1 atom stereocenters. The molecule has 6 aliphatic rings. The van der Waals surface area contributed by atoms with Gasteiger partial charge >= 0.3 is 0 Å². The van der Waals surface area contributed by atoms with E-state index in [9.17, 15) is 28.8 Å². The number of alkyl halides is 2. The highest BCUT2D eigenvalue weighted by atomic mass is 19.3. The van der Waals surface area contributed by atoms with Crippen LogP contribution in [0.3, 0.4) is 0 Å². The number of halogens is 2. The Morgan fingerprint density at radius 2 is 1.76 bits per heavy atom. The number of rotatable bonds is 9. The normalized spacial score (nSPS) is 20.0. The van der Waals surface area contributed by atoms with Crippen LogP contribution < -0.4 is 15.5 Å². The highest BCUT2D eigenvalue weighted by Gasteiger charge is 2.46. The number of fused-ring (bicyclic) bond motifs is 4. The molecular weight excluding hydrogens is 867 g/mol. The van der Waals surface area contributed by atoms with Gasteiger partial charge in [0, 0.05) is 124 Å². The Morgan fingerprint density at radius 1 is 0.940 bits per heavy atom. The summed E-state index contributed by atoms with van der Waals surface area (Å²) in [5.74, 6) is -2.09. The number of nitrogens with zero attached hydrogens (tertiary/aromatic N) is 8. The Balaban J connectivity index is 0.862. The Bertz CT molecular complexity index is 2920. The van der Waals surface area contributed by atoms with E-state index in [2.05, 4.69) is 20.3 Å². The van der Waals surface area contributed by atoms with E-state index in [1.165, 1.54) is 6.07 Å². The van der Waals surface area contributed by atoms with Crippen molar-refractivity contribution in [2.24, 2.45) is 5.92 Å². The number of hydrogen-bond donors (Lipinski definition) is 2. The van der Waals surface area contributed by atoms with E-state index in [-0.39, 0.29) is 64.4 Å². The molecule has 2 N–H and O–H groups in total. The molecule has 3 fully saturated rings. The fourth-order valence-electron chi connectivity index (χ4n) is 10.7. The number of nitrogens with one attached hydrogen (secondary N) is 2. The number of anilines is 3. The van der Waals surface area contributed by atoms with Crippen LogP contribution in [0.25, 0.3) is 16.8 Å². The second-order valence-electron chi connectivity index (χ2n) is 18.3. The number of likely N-dealkylation sites (tertiary alicyclic amines) is 1. The van der Waals surface area contributed by atoms with E-state index in [1.807, 2.05) is 9.80 Å². The first-order chi connectivity index (χ1) is 32.4. The van der Waals surface area contributed by atoms with E-state index < -0.39 is 36.1 Å². The van der Waals surface area contributed by atoms with Crippen LogP contribution in [0.5, 0.6) is 0 Å². The summed E-state index contributed by atoms with van der Waals surface area (Å²) in [6.45, 7) is 5.38. The minimum Gasteiger partial charge on any atom is -0.384 e. The maximum atomic E-state index is 15.6. The van der Waals surface area contributed by atoms with Crippen LogP contribution in [0.4, 0.5) is 26.0 Å². The Morgan fingerprint density at radius 3 is 2.54 bits per heavy atom. The van der Waals surface area contributed by atoms with Gasteiger partial charge in [0.1, 0.15) is 11.7 Å². The maximum absolute atomic E-state index is 15.6. The van der Waals surface area contributed by atoms with Gasteiger partial charge in [-0.2, -0.15) is 5.10 Å². The van der Waals surface area contributed by atoms with Gasteiger partial charge in [-0.1, -0.05) is 6.07 Å². The van der Waals surface area contributed by atoms with Gasteiger partial charge in [-0.3, -0.25) is 43.7 Å². The van der Waals surface area contributed by atoms with Crippen molar-refractivity contribution in [1.82, 2.24) is 39.2 Å². The lowest BCUT2D eigenvalue weighted by Gasteiger charge is -2.40. The molecule has 2 aromatic carbocycles. The molecule has 11 rings (SSSR count). The van der Waals surface area contributed by atoms with Crippen molar-refractivity contribution in [3.63, 3.8) is 0 Å². The second kappa shape index (κ2) is 16.7. The van der Waals surface area contributed by atoms with Gasteiger partial charge in [0.25, 0.3) is 24.1 Å². The van der Waals surface area contributed by atoms with Gasteiger partial charge in [0.15, 0.2) is 5.82 Å². The molecule has 6 amide bonds. The summed E-state index contributed by atoms with van der Waals surface area (Å²) in [6, 6.07) is 8.95. The van der Waals surface area contributed by atoms with Crippen LogP contribution in [-0.4, -0.2) is 121 Å². The van der Waals surface area contributed by atoms with E-state index in [0.29, 0.717) is 93.7 Å². The number of pyridine rings is 1. The van der Waals surface area contributed by atoms with E-state index in [4.69, 9.17) is 9.84 Å². The number of carbonyl (C=O) groups excluding carboxylic acids is 6. The zero-order valence-corrected chi connectivity index (χ0v) is 36.8. The molecule has 9 heterocycles. The lowest BCUT2D eigenvalue weighted by molar-refractivity contribution is -0.136. The first kappa shape index (κ1) is 42.6. The predicted molar refractivity (Wildman–Crippen MR) is 238 cm³/mol. The minimum absolute atomic E-state index is 0.0131. The molecule has 17 nitrogen and oxygen atoms in total. The molecule has 0 radical (unpaired) electrons. The van der Waals surface area contributed by atoms with Crippen molar-refractivity contribution in [3.05, 3.63) is 94.1 Å². The summed E-state index contributed by atoms with van der Waals surface area (Å²) >= 11 is 0. The number of hydrogen-bond acceptors (Lipinski definition) is 11. The Hall–Kier alpha value is -7.02. The zero-order valence-electron chi connectivity index (χ0n) is 36.8. The van der Waals surface area contributed by atoms with Crippen molar-refractivity contribution >= 4 is 58.3 Å². The van der Waals surface area contributed by atoms with Crippen molar-refractivity contribution in [3.8, 4) is 11.1 Å². The molecule has 3 saturated heterocycles. The molecule has 19 heteroatoms. The van der Waals surface area contributed by atoms with Crippen LogP contribution in [0.1, 0.15) is 105 Å². The molecule has 346 valence electrons. The quantitative estimate of drug-likeness (QED) is 0.189. The largest absolute Gasteiger partial charge is 0.384 e. The smallest absolute Gasteiger partial charge is 0.264 e. The van der Waals surface area contributed by atoms with Gasteiger partial charge in [0.05, 0.1) is 29.3 Å². The fourth-order valence-corrected chi connectivity index (χ4v) is 10.7. The molecule has 5 aromatic rings. The van der Waals surface area contributed by atoms with E-state index in [0.717, 1.165) is 41.0 Å². The Kier molecular flexibility index (Phi) is 10.6. The van der Waals surface area contributed by atoms with Crippen molar-refractivity contribution in [2.75, 3.05) is 56.2 Å². The number of carbonyl (C=O) groups is 6. The first-order valence-corrected chi connectivity index (χ1v) is 22.9. The number of piperidine rings is 1. The average molecular weight is 915 g/mol. The van der Waals surface area contributed by atoms with Crippen LogP contribution in [0, 0.1) is 5.92 Å². The molecule has 0 spiro atoms. The third-order valence-corrected chi connectivity index (χ3v) is 14.3. The summed E-state index contributed by atoms with van der Waals surface area (Å²) in [5.41, 5.74) is 5.36. The molecule has 3 aromatic heterocycles. The number of imidazole rings is 1. The molecule has 0 aliphatic carbocycles. The maximum Gasteiger partial charge on any atom is 0.264 e. The minimum atomic E-state index is -2.89. The van der Waals surface area contributed by atoms with E-state index >= 15 is 8.78 Å². The monoisotopic (exact) mass is 914 g/mol. The van der Waals surface area contributed by atoms with Gasteiger partial charge in [-0.25, -0.2) is 13.8 Å². The van der Waals surface area contributed by atoms with Gasteiger partial charge in [-0.15, -0.1) is 0 Å². The molecule has 1 unspecified atom stereocenters. The van der Waals surface area contributed by atoms with Crippen LogP contribution in [0.15, 0.2) is 55.0 Å². The molecule has 0 bridgehead atoms. The average Bonchev–Trinajstić information content (AvgIpc) is 4.01. The third kappa shape index (κ3) is 7.30. The van der Waals surface area contributed by atoms with Crippen LogP contribution >= 0.6 is 0 Å². The van der Waals surface area contributed by atoms with Crippen LogP contribution in [-0.2, 0) is 38.5 Å². The first-order valence-electron chi connectivity index (χ1n) is 22.9. The summed E-state index contributed by atoms with van der Waals surface area (Å²) in [6.07, 6.45) is 5.74. The fraction of sp³-hybridized carbons (Fsp3) is 0.417. The molecule has 67 heavy (non-hydrogen) atoms. The van der Waals surface area contributed by atoms with Gasteiger partial charge in [0.2, 0.25) is 17.7 Å². The third-order valence-electron chi connectivity index (χ3n) is 14.3. The number of benzene rings is 2. The summed E-state index contributed by atoms with van der Waals surface area (Å²) in [5, 5.41) is 10.7. The van der Waals surface area contributed by atoms with Crippen LogP contribution in [0.2, 0.25) is 0 Å². The number of amides is 6. The second-order valence-corrected chi connectivity index (χ2v) is 18.3. The number of ether oxygens (including phenoxy) is 1. The SMILES string of the molecule is CC(=O)N1CCc2c(c(N3CCCc4cc(-c5cc6nccn6cc5C(=O)N5CC(CNc6cccc7c6C(=O)N(C6CCC(=O)NC6=O)C7=O)C5)c(C(F)F)cc43)nn2C2CCOCC2)C1. The Labute approximate surface area is 383 Å². The summed E-state index contributed by atoms with van der Waals surface area (Å²) in [7, 11) is 0. The van der Waals surface area contributed by atoms with Crippen molar-refractivity contribution < 1.29 is 42.3 Å². The number of imide groups is 2. The summed E-state index contributed by atoms with van der Waals surface area (Å²) in [4.78, 5) is 89.4. The highest BCUT2D eigenvalue weighted by molar-refractivity contribution is 6.25. The lowest BCUT2D eigenvalue weighted by Crippen LogP contribution is -2.54. The standard InChI is InChI=1S/C48H48F2N10O7/c1-26(61)55-14-9-37-35(25-55)44(54-60(37)29-10-16-67-17-11-29)58-13-3-4-28-18-31(33(43(49)50)19-39(28)58)32-20-40-51-12-15-56(40)24-34(32)46(64)57-22-27(23-57)21-52-36-6-2-5-30-42(36)48(66)59(47(30)65)38-7-8-41(62)53-45(38)63/h2,5-6,12,15,18-20,24,27,29,38,43,52H,3-4,7-11,13-14,16-17,21-23,25H2,1H3,(H,53,62,63). The highest BCUT2D eigenvalue weighted by Crippen LogP contribution is 2.45. The summed E-state index contributed by atoms with van der Waals surface area (Å²) < 4.78 is 40.6.